The highest BCUT2D eigenvalue weighted by atomic mass is 35.5. The first kappa shape index (κ1) is 30.7. The lowest BCUT2D eigenvalue weighted by atomic mass is 10.2. The minimum Gasteiger partial charge on any atom is -0.490 e. The number of nitrogens with zero attached hydrogens (tertiary/aromatic N) is 2. The summed E-state index contributed by atoms with van der Waals surface area (Å²) in [6, 6.07) is 15.6. The molecule has 0 heterocycles. The molecule has 0 unspecified atom stereocenters. The average Bonchev–Trinajstić information content (AvgIpc) is 2.89. The number of ether oxygens (including phenoxy) is 2. The summed E-state index contributed by atoms with van der Waals surface area (Å²) in [6.07, 6.45) is 2.29. The fraction of sp³-hybridized carbons (Fsp3) is 0.259. The number of sulfonamides is 1. The highest BCUT2D eigenvalue weighted by Gasteiger charge is 2.27. The number of rotatable bonds is 13. The predicted molar refractivity (Wildman–Crippen MR) is 155 cm³/mol. The number of benzene rings is 3. The Morgan fingerprint density at radius 1 is 0.949 bits per heavy atom. The molecule has 1 amide bonds. The summed E-state index contributed by atoms with van der Waals surface area (Å²) in [7, 11) is -4.10. The van der Waals surface area contributed by atoms with Crippen LogP contribution < -0.4 is 14.9 Å². The second-order valence-corrected chi connectivity index (χ2v) is 11.5. The minimum absolute atomic E-state index is 0.0258. The van der Waals surface area contributed by atoms with Gasteiger partial charge < -0.3 is 9.47 Å². The molecule has 3 aromatic rings. The van der Waals surface area contributed by atoms with Crippen LogP contribution in [-0.2, 0) is 21.4 Å². The van der Waals surface area contributed by atoms with E-state index in [1.807, 2.05) is 13.8 Å². The Balaban J connectivity index is 1.78. The van der Waals surface area contributed by atoms with Crippen LogP contribution >= 0.6 is 34.8 Å². The Labute approximate surface area is 243 Å². The molecule has 0 radical (unpaired) electrons. The monoisotopic (exact) mass is 611 g/mol. The molecule has 0 aliphatic rings. The average molecular weight is 613 g/mol. The van der Waals surface area contributed by atoms with E-state index < -0.39 is 22.5 Å². The molecule has 0 spiro atoms. The smallest absolute Gasteiger partial charge is 0.255 e. The number of nitrogens with one attached hydrogen (secondary N) is 1. The van der Waals surface area contributed by atoms with E-state index >= 15 is 0 Å². The third kappa shape index (κ3) is 8.84. The standard InChI is InChI=1S/C27H28Cl3N3O5S/c1-3-13-38-25-12-5-19(14-26(25)37-4-2)16-31-32-27(34)18-33(17-20-6-7-22(29)15-24(20)30)39(35,36)23-10-8-21(28)9-11-23/h5-12,14-16H,3-4,13,17-18H2,1-2H3,(H,32,34)/b31-16-. The largest absolute Gasteiger partial charge is 0.490 e. The van der Waals surface area contributed by atoms with Gasteiger partial charge in [-0.3, -0.25) is 4.79 Å². The number of hydrogen-bond acceptors (Lipinski definition) is 6. The van der Waals surface area contributed by atoms with Gasteiger partial charge in [-0.15, -0.1) is 0 Å². The van der Waals surface area contributed by atoms with E-state index in [1.54, 1.807) is 30.3 Å². The van der Waals surface area contributed by atoms with Gasteiger partial charge >= 0.3 is 0 Å². The van der Waals surface area contributed by atoms with E-state index in [0.29, 0.717) is 45.9 Å². The Morgan fingerprint density at radius 3 is 2.33 bits per heavy atom. The molecule has 0 fully saturated rings. The van der Waals surface area contributed by atoms with E-state index in [2.05, 4.69) is 10.5 Å². The zero-order valence-corrected chi connectivity index (χ0v) is 24.4. The van der Waals surface area contributed by atoms with Crippen LogP contribution in [0.4, 0.5) is 0 Å². The molecule has 208 valence electrons. The van der Waals surface area contributed by atoms with Gasteiger partial charge in [0.1, 0.15) is 0 Å². The van der Waals surface area contributed by atoms with Gasteiger partial charge in [-0.2, -0.15) is 9.41 Å². The van der Waals surface area contributed by atoms with E-state index in [-0.39, 0.29) is 16.5 Å². The predicted octanol–water partition coefficient (Wildman–Crippen LogP) is 6.18. The lowest BCUT2D eigenvalue weighted by Gasteiger charge is -2.22. The van der Waals surface area contributed by atoms with Gasteiger partial charge in [-0.25, -0.2) is 13.8 Å². The summed E-state index contributed by atoms with van der Waals surface area (Å²) in [5.41, 5.74) is 3.51. The molecule has 39 heavy (non-hydrogen) atoms. The first-order valence-electron chi connectivity index (χ1n) is 12.0. The molecule has 0 aliphatic carbocycles. The van der Waals surface area contributed by atoms with Crippen molar-refractivity contribution in [3.8, 4) is 11.5 Å². The lowest BCUT2D eigenvalue weighted by molar-refractivity contribution is -0.121. The van der Waals surface area contributed by atoms with E-state index in [1.165, 1.54) is 36.5 Å². The molecule has 3 rings (SSSR count). The van der Waals surface area contributed by atoms with Crippen molar-refractivity contribution in [2.75, 3.05) is 19.8 Å². The molecule has 3 aromatic carbocycles. The van der Waals surface area contributed by atoms with Gasteiger partial charge in [0.05, 0.1) is 30.9 Å². The fourth-order valence-corrected chi connectivity index (χ4v) is 5.37. The number of halogens is 3. The molecule has 12 heteroatoms. The molecule has 8 nitrogen and oxygen atoms in total. The maximum Gasteiger partial charge on any atom is 0.255 e. The summed E-state index contributed by atoms with van der Waals surface area (Å²) in [5, 5.41) is 5.04. The molecular formula is C27H28Cl3N3O5S. The van der Waals surface area contributed by atoms with Crippen LogP contribution in [0.3, 0.4) is 0 Å². The number of hydrazone groups is 1. The zero-order valence-electron chi connectivity index (χ0n) is 21.4. The van der Waals surface area contributed by atoms with Crippen LogP contribution in [0.1, 0.15) is 31.4 Å². The molecule has 0 bridgehead atoms. The Hall–Kier alpha value is -2.82. The quantitative estimate of drug-likeness (QED) is 0.184. The lowest BCUT2D eigenvalue weighted by Crippen LogP contribution is -2.39. The summed E-state index contributed by atoms with van der Waals surface area (Å²) in [6.45, 7) is 4.20. The molecule has 0 aliphatic heterocycles. The van der Waals surface area contributed by atoms with Gasteiger partial charge in [-0.05, 0) is 79.1 Å². The third-order valence-corrected chi connectivity index (χ3v) is 7.91. The topological polar surface area (TPSA) is 97.3 Å². The van der Waals surface area contributed by atoms with Crippen molar-refractivity contribution >= 4 is 56.9 Å². The molecule has 0 aromatic heterocycles. The van der Waals surface area contributed by atoms with Gasteiger partial charge in [0.25, 0.3) is 5.91 Å². The van der Waals surface area contributed by atoms with E-state index in [4.69, 9.17) is 44.3 Å². The number of amides is 1. The third-order valence-electron chi connectivity index (χ3n) is 5.27. The Bertz CT molecular complexity index is 1420. The second-order valence-electron chi connectivity index (χ2n) is 8.24. The van der Waals surface area contributed by atoms with Crippen molar-refractivity contribution in [3.63, 3.8) is 0 Å². The van der Waals surface area contributed by atoms with E-state index in [0.717, 1.165) is 10.7 Å². The van der Waals surface area contributed by atoms with Gasteiger partial charge in [0.15, 0.2) is 11.5 Å². The summed E-state index contributed by atoms with van der Waals surface area (Å²) in [5.74, 6) is 0.520. The van der Waals surface area contributed by atoms with Crippen LogP contribution in [-0.4, -0.2) is 44.6 Å². The van der Waals surface area contributed by atoms with Crippen LogP contribution in [0.5, 0.6) is 11.5 Å². The first-order chi connectivity index (χ1) is 18.6. The van der Waals surface area contributed by atoms with Crippen LogP contribution in [0.25, 0.3) is 0 Å². The molecule has 1 N–H and O–H groups in total. The molecule has 0 atom stereocenters. The highest BCUT2D eigenvalue weighted by Crippen LogP contribution is 2.28. The molecule has 0 saturated heterocycles. The second kappa shape index (κ2) is 14.5. The normalized spacial score (nSPS) is 11.6. The molecule has 0 saturated carbocycles. The minimum atomic E-state index is -4.10. The first-order valence-corrected chi connectivity index (χ1v) is 14.6. The van der Waals surface area contributed by atoms with Crippen molar-refractivity contribution in [3.05, 3.63) is 86.9 Å². The Morgan fingerprint density at radius 2 is 1.67 bits per heavy atom. The number of carbonyl (C=O) groups excluding carboxylic acids is 1. The number of hydrogen-bond donors (Lipinski definition) is 1. The maximum atomic E-state index is 13.4. The van der Waals surface area contributed by atoms with Crippen LogP contribution in [0, 0.1) is 0 Å². The van der Waals surface area contributed by atoms with Crippen molar-refractivity contribution in [2.24, 2.45) is 5.10 Å². The van der Waals surface area contributed by atoms with Crippen molar-refractivity contribution in [2.45, 2.75) is 31.7 Å². The number of carbonyl (C=O) groups is 1. The SMILES string of the molecule is CCCOc1ccc(/C=N\NC(=O)CN(Cc2ccc(Cl)cc2Cl)S(=O)(=O)c2ccc(Cl)cc2)cc1OCC. The van der Waals surface area contributed by atoms with E-state index in [9.17, 15) is 13.2 Å². The highest BCUT2D eigenvalue weighted by molar-refractivity contribution is 7.89. The van der Waals surface area contributed by atoms with Crippen LogP contribution in [0.15, 0.2) is 70.7 Å². The maximum absolute atomic E-state index is 13.4. The van der Waals surface area contributed by atoms with Gasteiger partial charge in [0.2, 0.25) is 10.0 Å². The summed E-state index contributed by atoms with van der Waals surface area (Å²) in [4.78, 5) is 12.8. The van der Waals surface area contributed by atoms with Crippen molar-refractivity contribution in [1.29, 1.82) is 0 Å². The zero-order chi connectivity index (χ0) is 28.4. The summed E-state index contributed by atoms with van der Waals surface area (Å²) >= 11 is 18.2. The fourth-order valence-electron chi connectivity index (χ4n) is 3.40. The van der Waals surface area contributed by atoms with Gasteiger partial charge in [-0.1, -0.05) is 47.8 Å². The van der Waals surface area contributed by atoms with Crippen molar-refractivity contribution < 1.29 is 22.7 Å². The Kier molecular flexibility index (Phi) is 11.4. The summed E-state index contributed by atoms with van der Waals surface area (Å²) < 4.78 is 39.2. The van der Waals surface area contributed by atoms with Crippen LogP contribution in [0.2, 0.25) is 15.1 Å². The molecular weight excluding hydrogens is 585 g/mol. The van der Waals surface area contributed by atoms with Gasteiger partial charge in [0, 0.05) is 21.6 Å². The van der Waals surface area contributed by atoms with Crippen molar-refractivity contribution in [1.82, 2.24) is 9.73 Å².